The third kappa shape index (κ3) is 2.34. The fraction of sp³-hybridized carbons (Fsp3) is 0.125. The maximum atomic E-state index is 13.2. The second kappa shape index (κ2) is 6.34. The van der Waals surface area contributed by atoms with Crippen LogP contribution in [0.3, 0.4) is 0 Å². The molecular formula is C24H18N4O4. The summed E-state index contributed by atoms with van der Waals surface area (Å²) in [4.78, 5) is 33.1. The number of nitrogens with zero attached hydrogens (tertiary/aromatic N) is 2. The third-order valence-corrected chi connectivity index (χ3v) is 5.86. The Morgan fingerprint density at radius 3 is 2.69 bits per heavy atom. The van der Waals surface area contributed by atoms with E-state index < -0.39 is 11.2 Å². The van der Waals surface area contributed by atoms with Crippen molar-refractivity contribution in [2.24, 2.45) is 0 Å². The number of H-pyrrole nitrogens is 2. The van der Waals surface area contributed by atoms with Crippen molar-refractivity contribution in [3.8, 4) is 16.9 Å². The van der Waals surface area contributed by atoms with Gasteiger partial charge >= 0.3 is 0 Å². The van der Waals surface area contributed by atoms with Gasteiger partial charge in [0.1, 0.15) is 5.65 Å². The molecule has 6 rings (SSSR count). The first kappa shape index (κ1) is 18.4. The number of aromatic amines is 2. The fourth-order valence-electron chi connectivity index (χ4n) is 4.41. The lowest BCUT2D eigenvalue weighted by molar-refractivity contribution is 0.464. The van der Waals surface area contributed by atoms with Crippen molar-refractivity contribution in [1.82, 2.24) is 19.7 Å². The molecule has 0 bridgehead atoms. The molecule has 0 spiro atoms. The first-order valence-corrected chi connectivity index (χ1v) is 10.2. The second-order valence-corrected chi connectivity index (χ2v) is 8.10. The van der Waals surface area contributed by atoms with Crippen molar-refractivity contribution in [3.05, 3.63) is 69.2 Å². The number of rotatable bonds is 2. The number of para-hydroxylation sites is 1. The Hall–Kier alpha value is -4.33. The zero-order valence-corrected chi connectivity index (χ0v) is 17.3. The summed E-state index contributed by atoms with van der Waals surface area (Å²) in [5.41, 5.74) is 2.82. The lowest BCUT2D eigenvalue weighted by Gasteiger charge is -2.11. The van der Waals surface area contributed by atoms with E-state index in [0.29, 0.717) is 33.1 Å². The molecule has 4 aromatic heterocycles. The lowest BCUT2D eigenvalue weighted by Crippen LogP contribution is -2.07. The highest BCUT2D eigenvalue weighted by Crippen LogP contribution is 2.41. The van der Waals surface area contributed by atoms with Gasteiger partial charge in [0.2, 0.25) is 11.2 Å². The van der Waals surface area contributed by atoms with Crippen LogP contribution in [0, 0.1) is 0 Å². The minimum atomic E-state index is -0.529. The summed E-state index contributed by atoms with van der Waals surface area (Å²) in [5.74, 6) is -0.459. The number of phenolic OH excluding ortho intramolecular Hbond substituents is 1. The number of fused-ring (bicyclic) bond motifs is 5. The van der Waals surface area contributed by atoms with E-state index in [2.05, 4.69) is 15.1 Å². The quantitative estimate of drug-likeness (QED) is 0.379. The van der Waals surface area contributed by atoms with Gasteiger partial charge in [-0.15, -0.1) is 0 Å². The van der Waals surface area contributed by atoms with Gasteiger partial charge in [-0.3, -0.25) is 24.4 Å². The topological polar surface area (TPSA) is 117 Å². The predicted octanol–water partition coefficient (Wildman–Crippen LogP) is 4.42. The number of phenols is 1. The zero-order chi connectivity index (χ0) is 22.1. The third-order valence-electron chi connectivity index (χ3n) is 5.86. The van der Waals surface area contributed by atoms with Crippen molar-refractivity contribution in [2.75, 3.05) is 0 Å². The van der Waals surface area contributed by atoms with Gasteiger partial charge in [0, 0.05) is 34.1 Å². The van der Waals surface area contributed by atoms with Crippen LogP contribution >= 0.6 is 0 Å². The van der Waals surface area contributed by atoms with E-state index in [4.69, 9.17) is 4.42 Å². The molecule has 32 heavy (non-hydrogen) atoms. The first-order chi connectivity index (χ1) is 15.5. The summed E-state index contributed by atoms with van der Waals surface area (Å²) in [6, 6.07) is 12.4. The Morgan fingerprint density at radius 1 is 1.06 bits per heavy atom. The number of nitrogens with one attached hydrogen (secondary N) is 2. The molecule has 0 fully saturated rings. The molecule has 2 aromatic carbocycles. The highest BCUT2D eigenvalue weighted by molar-refractivity contribution is 6.17. The Kier molecular flexibility index (Phi) is 3.65. The lowest BCUT2D eigenvalue weighted by atomic mass is 9.99. The van der Waals surface area contributed by atoms with Crippen molar-refractivity contribution < 1.29 is 9.52 Å². The van der Waals surface area contributed by atoms with Crippen molar-refractivity contribution in [3.63, 3.8) is 0 Å². The maximum Gasteiger partial charge on any atom is 0.274 e. The molecule has 0 saturated heterocycles. The molecule has 8 nitrogen and oxygen atoms in total. The zero-order valence-electron chi connectivity index (χ0n) is 17.3. The molecule has 0 atom stereocenters. The summed E-state index contributed by atoms with van der Waals surface area (Å²) in [6.45, 7) is 3.94. The monoisotopic (exact) mass is 426 g/mol. The average Bonchev–Trinajstić information content (AvgIpc) is 3.33. The molecule has 0 aliphatic heterocycles. The number of hydrogen-bond acceptors (Lipinski definition) is 5. The van der Waals surface area contributed by atoms with Gasteiger partial charge in [-0.05, 0) is 32.0 Å². The Balaban J connectivity index is 1.93. The number of pyridine rings is 2. The van der Waals surface area contributed by atoms with Crippen LogP contribution in [-0.4, -0.2) is 24.9 Å². The van der Waals surface area contributed by atoms with E-state index in [1.54, 1.807) is 16.9 Å². The highest BCUT2D eigenvalue weighted by atomic mass is 16.4. The van der Waals surface area contributed by atoms with Crippen LogP contribution in [0.15, 0.2) is 62.7 Å². The van der Waals surface area contributed by atoms with Gasteiger partial charge in [0.05, 0.1) is 16.4 Å². The Bertz CT molecular complexity index is 1810. The van der Waals surface area contributed by atoms with E-state index in [1.165, 1.54) is 6.07 Å². The smallest absolute Gasteiger partial charge is 0.274 e. The Morgan fingerprint density at radius 2 is 1.88 bits per heavy atom. The number of furan rings is 1. The number of hydrogen-bond donors (Lipinski definition) is 3. The highest BCUT2D eigenvalue weighted by Gasteiger charge is 2.25. The van der Waals surface area contributed by atoms with Gasteiger partial charge in [-0.25, -0.2) is 0 Å². The van der Waals surface area contributed by atoms with Crippen LogP contribution in [-0.2, 0) is 0 Å². The summed E-state index contributed by atoms with van der Waals surface area (Å²) in [5, 5.41) is 15.2. The minimum absolute atomic E-state index is 0.0211. The molecule has 0 saturated carbocycles. The normalized spacial score (nSPS) is 12.1. The molecule has 0 radical (unpaired) electrons. The van der Waals surface area contributed by atoms with Crippen LogP contribution in [0.1, 0.15) is 19.9 Å². The predicted molar refractivity (Wildman–Crippen MR) is 123 cm³/mol. The van der Waals surface area contributed by atoms with Gasteiger partial charge in [0.15, 0.2) is 11.2 Å². The molecule has 8 heteroatoms. The van der Waals surface area contributed by atoms with Gasteiger partial charge in [0.25, 0.3) is 5.56 Å². The van der Waals surface area contributed by atoms with Crippen molar-refractivity contribution >= 4 is 44.0 Å². The molecule has 4 heterocycles. The second-order valence-electron chi connectivity index (χ2n) is 8.10. The average molecular weight is 426 g/mol. The summed E-state index contributed by atoms with van der Waals surface area (Å²) >= 11 is 0. The van der Waals surface area contributed by atoms with E-state index in [0.717, 1.165) is 16.5 Å². The molecule has 3 N–H and O–H groups in total. The van der Waals surface area contributed by atoms with Crippen LogP contribution < -0.4 is 11.0 Å². The van der Waals surface area contributed by atoms with Crippen LogP contribution in [0.5, 0.6) is 5.75 Å². The standard InChI is InChI=1S/C24H18N4O4/c1-11(2)28-23-17(24(31)27-28)16(13-7-3-5-12-6-4-10-25-18(12)13)22-19(26-23)14-8-9-15(29)20(30)21(14)32-22/h3-11,26,30H,1-2H3,(H,27,31). The number of aromatic hydroxyl groups is 1. The van der Waals surface area contributed by atoms with Crippen molar-refractivity contribution in [2.45, 2.75) is 19.9 Å². The van der Waals surface area contributed by atoms with Crippen LogP contribution in [0.2, 0.25) is 0 Å². The summed E-state index contributed by atoms with van der Waals surface area (Å²) in [6.07, 6.45) is 1.70. The fourth-order valence-corrected chi connectivity index (χ4v) is 4.41. The van der Waals surface area contributed by atoms with Gasteiger partial charge in [-0.1, -0.05) is 24.3 Å². The van der Waals surface area contributed by atoms with E-state index in [1.807, 2.05) is 44.2 Å². The number of aromatic nitrogens is 4. The maximum absolute atomic E-state index is 13.2. The first-order valence-electron chi connectivity index (χ1n) is 10.2. The molecule has 0 aliphatic rings. The SMILES string of the molecule is CC(C)n1[nH]c(=O)c2c(-c3cccc4cccnc34)c3oc4c(O)c(=O)ccc4c3[nH]c21. The van der Waals surface area contributed by atoms with Gasteiger partial charge < -0.3 is 14.5 Å². The Labute approximate surface area is 179 Å². The molecule has 6 aromatic rings. The van der Waals surface area contributed by atoms with Crippen molar-refractivity contribution in [1.29, 1.82) is 0 Å². The number of benzene rings is 2. The van der Waals surface area contributed by atoms with E-state index in [9.17, 15) is 14.7 Å². The molecule has 0 unspecified atom stereocenters. The van der Waals surface area contributed by atoms with Crippen LogP contribution in [0.4, 0.5) is 0 Å². The van der Waals surface area contributed by atoms with Crippen LogP contribution in [0.25, 0.3) is 55.1 Å². The van der Waals surface area contributed by atoms with E-state index in [-0.39, 0.29) is 17.2 Å². The van der Waals surface area contributed by atoms with Gasteiger partial charge in [-0.2, -0.15) is 0 Å². The minimum Gasteiger partial charge on any atom is -0.502 e. The summed E-state index contributed by atoms with van der Waals surface area (Å²) < 4.78 is 7.82. The van der Waals surface area contributed by atoms with E-state index >= 15 is 0 Å². The molecule has 0 aliphatic carbocycles. The summed E-state index contributed by atoms with van der Waals surface area (Å²) in [7, 11) is 0. The largest absolute Gasteiger partial charge is 0.502 e. The molecular weight excluding hydrogens is 408 g/mol. The molecule has 158 valence electrons. The molecule has 0 amide bonds.